The molecule has 2 heterocycles. The van der Waals surface area contributed by atoms with Gasteiger partial charge in [0.15, 0.2) is 0 Å². The quantitative estimate of drug-likeness (QED) is 0.629. The van der Waals surface area contributed by atoms with E-state index < -0.39 is 0 Å². The van der Waals surface area contributed by atoms with Crippen molar-refractivity contribution in [3.05, 3.63) is 24.3 Å². The summed E-state index contributed by atoms with van der Waals surface area (Å²) in [5.41, 5.74) is 1.42. The monoisotopic (exact) mass is 382 g/mol. The smallest absolute Gasteiger partial charge is 0.319 e. The van der Waals surface area contributed by atoms with Crippen molar-refractivity contribution in [2.45, 2.75) is 31.8 Å². The predicted molar refractivity (Wildman–Crippen MR) is 104 cm³/mol. The number of carbonyl (C=O) groups is 2. The van der Waals surface area contributed by atoms with Gasteiger partial charge in [-0.05, 0) is 56.5 Å². The molecule has 144 valence electrons. The molecule has 2 aliphatic rings. The van der Waals surface area contributed by atoms with Crippen LogP contribution in [0.1, 0.15) is 25.7 Å². The molecule has 0 spiro atoms. The molecular formula is C18H27ClN4O3. The lowest BCUT2D eigenvalue weighted by Gasteiger charge is -2.21. The zero-order valence-corrected chi connectivity index (χ0v) is 15.6. The van der Waals surface area contributed by atoms with Gasteiger partial charge in [-0.15, -0.1) is 12.4 Å². The molecule has 4 N–H and O–H groups in total. The molecule has 2 saturated heterocycles. The third kappa shape index (κ3) is 6.16. The normalized spacial score (nSPS) is 22.2. The molecule has 0 aromatic heterocycles. The fourth-order valence-electron chi connectivity index (χ4n) is 3.14. The van der Waals surface area contributed by atoms with Crippen LogP contribution in [0.4, 0.5) is 16.2 Å². The summed E-state index contributed by atoms with van der Waals surface area (Å²) in [5, 5.41) is 11.8. The van der Waals surface area contributed by atoms with E-state index in [2.05, 4.69) is 21.3 Å². The third-order valence-corrected chi connectivity index (χ3v) is 4.59. The first-order chi connectivity index (χ1) is 12.2. The van der Waals surface area contributed by atoms with E-state index in [-0.39, 0.29) is 36.4 Å². The Kier molecular flexibility index (Phi) is 8.15. The summed E-state index contributed by atoms with van der Waals surface area (Å²) in [5.74, 6) is 0.0670. The first-order valence-electron chi connectivity index (χ1n) is 8.99. The van der Waals surface area contributed by atoms with Gasteiger partial charge in [0.25, 0.3) is 0 Å². The van der Waals surface area contributed by atoms with Crippen molar-refractivity contribution in [3.8, 4) is 0 Å². The summed E-state index contributed by atoms with van der Waals surface area (Å²) in [7, 11) is 0. The fraction of sp³-hybridized carbons (Fsp3) is 0.556. The number of amides is 3. The molecule has 1 aromatic carbocycles. The van der Waals surface area contributed by atoms with Gasteiger partial charge < -0.3 is 26.0 Å². The molecule has 0 saturated carbocycles. The Labute approximate surface area is 160 Å². The molecule has 3 amide bonds. The number of urea groups is 1. The Morgan fingerprint density at radius 1 is 1.08 bits per heavy atom. The van der Waals surface area contributed by atoms with Gasteiger partial charge in [-0.3, -0.25) is 4.79 Å². The predicted octanol–water partition coefficient (Wildman–Crippen LogP) is 2.35. The van der Waals surface area contributed by atoms with E-state index in [1.54, 1.807) is 24.3 Å². The van der Waals surface area contributed by atoms with Crippen molar-refractivity contribution >= 4 is 35.7 Å². The van der Waals surface area contributed by atoms with Gasteiger partial charge in [0.2, 0.25) is 5.91 Å². The number of ether oxygens (including phenoxy) is 1. The van der Waals surface area contributed by atoms with Crippen LogP contribution in [-0.4, -0.2) is 44.3 Å². The second-order valence-electron chi connectivity index (χ2n) is 6.58. The Bertz CT molecular complexity index is 585. The molecule has 2 fully saturated rings. The maximum absolute atomic E-state index is 12.2. The lowest BCUT2D eigenvalue weighted by Crippen LogP contribution is -2.37. The van der Waals surface area contributed by atoms with Crippen LogP contribution in [-0.2, 0) is 9.53 Å². The number of hydrogen-bond acceptors (Lipinski definition) is 4. The van der Waals surface area contributed by atoms with Gasteiger partial charge in [-0.25, -0.2) is 4.79 Å². The molecule has 2 unspecified atom stereocenters. The van der Waals surface area contributed by atoms with E-state index in [1.807, 2.05) is 0 Å². The van der Waals surface area contributed by atoms with E-state index in [0.717, 1.165) is 51.1 Å². The summed E-state index contributed by atoms with van der Waals surface area (Å²) in [4.78, 5) is 24.1. The van der Waals surface area contributed by atoms with Gasteiger partial charge in [0.1, 0.15) is 0 Å². The highest BCUT2D eigenvalue weighted by Gasteiger charge is 2.20. The minimum atomic E-state index is -0.249. The van der Waals surface area contributed by atoms with Crippen LogP contribution in [0.15, 0.2) is 24.3 Å². The van der Waals surface area contributed by atoms with Crippen molar-refractivity contribution in [1.29, 1.82) is 0 Å². The highest BCUT2D eigenvalue weighted by atomic mass is 35.5. The number of carbonyl (C=O) groups excluding carboxylic acids is 2. The number of hydrogen-bond donors (Lipinski definition) is 4. The lowest BCUT2D eigenvalue weighted by atomic mass is 9.99. The summed E-state index contributed by atoms with van der Waals surface area (Å²) in [6.07, 6.45) is 4.12. The van der Waals surface area contributed by atoms with Crippen LogP contribution in [0.2, 0.25) is 0 Å². The average Bonchev–Trinajstić information content (AvgIpc) is 3.16. The third-order valence-electron chi connectivity index (χ3n) is 4.59. The lowest BCUT2D eigenvalue weighted by molar-refractivity contribution is -0.120. The van der Waals surface area contributed by atoms with Crippen molar-refractivity contribution in [3.63, 3.8) is 0 Å². The molecule has 8 heteroatoms. The number of nitrogens with one attached hydrogen (secondary N) is 4. The standard InChI is InChI=1S/C18H26N4O3.ClH/c23-17(13-3-1-9-19-11-13)21-14-5-7-15(8-6-14)22-18(24)20-12-16-4-2-10-25-16;/h5-8,13,16,19H,1-4,9-12H2,(H,21,23)(H2,20,22,24);1H. The first-order valence-corrected chi connectivity index (χ1v) is 8.99. The van der Waals surface area contributed by atoms with Crippen LogP contribution in [0.5, 0.6) is 0 Å². The second kappa shape index (κ2) is 10.4. The Morgan fingerprint density at radius 2 is 1.81 bits per heavy atom. The zero-order valence-electron chi connectivity index (χ0n) is 14.8. The van der Waals surface area contributed by atoms with Gasteiger partial charge in [0.05, 0.1) is 12.0 Å². The van der Waals surface area contributed by atoms with Crippen molar-refractivity contribution in [2.75, 3.05) is 36.9 Å². The largest absolute Gasteiger partial charge is 0.376 e. The van der Waals surface area contributed by atoms with E-state index in [0.29, 0.717) is 12.2 Å². The first kappa shape index (κ1) is 20.5. The molecule has 7 nitrogen and oxygen atoms in total. The van der Waals surface area contributed by atoms with Gasteiger partial charge in [0, 0.05) is 31.1 Å². The SMILES string of the molecule is Cl.O=C(NCC1CCCO1)Nc1ccc(NC(=O)C2CCCNC2)cc1. The second-order valence-corrected chi connectivity index (χ2v) is 6.58. The summed E-state index contributed by atoms with van der Waals surface area (Å²) in [6, 6.07) is 6.90. The molecule has 0 bridgehead atoms. The maximum Gasteiger partial charge on any atom is 0.319 e. The maximum atomic E-state index is 12.2. The minimum absolute atomic E-state index is 0. The summed E-state index contributed by atoms with van der Waals surface area (Å²) in [6.45, 7) is 3.02. The van der Waals surface area contributed by atoms with Crippen molar-refractivity contribution < 1.29 is 14.3 Å². The minimum Gasteiger partial charge on any atom is -0.376 e. The van der Waals surface area contributed by atoms with Crippen LogP contribution in [0.3, 0.4) is 0 Å². The van der Waals surface area contributed by atoms with Gasteiger partial charge in [-0.2, -0.15) is 0 Å². The summed E-state index contributed by atoms with van der Waals surface area (Å²) < 4.78 is 5.47. The average molecular weight is 383 g/mol. The Hall–Kier alpha value is -1.83. The molecule has 2 aliphatic heterocycles. The summed E-state index contributed by atoms with van der Waals surface area (Å²) >= 11 is 0. The number of piperidine rings is 1. The molecule has 3 rings (SSSR count). The van der Waals surface area contributed by atoms with Crippen molar-refractivity contribution in [2.24, 2.45) is 5.92 Å². The number of rotatable bonds is 5. The number of anilines is 2. The Balaban J connectivity index is 0.00000243. The Morgan fingerprint density at radius 3 is 2.42 bits per heavy atom. The molecular weight excluding hydrogens is 356 g/mol. The van der Waals surface area contributed by atoms with E-state index in [9.17, 15) is 9.59 Å². The van der Waals surface area contributed by atoms with Crippen LogP contribution in [0, 0.1) is 5.92 Å². The molecule has 2 atom stereocenters. The van der Waals surface area contributed by atoms with Gasteiger partial charge >= 0.3 is 6.03 Å². The number of benzene rings is 1. The highest BCUT2D eigenvalue weighted by molar-refractivity contribution is 5.93. The van der Waals surface area contributed by atoms with Crippen molar-refractivity contribution in [1.82, 2.24) is 10.6 Å². The van der Waals surface area contributed by atoms with E-state index in [4.69, 9.17) is 4.74 Å². The zero-order chi connectivity index (χ0) is 17.5. The molecule has 1 aromatic rings. The molecule has 0 radical (unpaired) electrons. The fourth-order valence-corrected chi connectivity index (χ4v) is 3.14. The van der Waals surface area contributed by atoms with Gasteiger partial charge in [-0.1, -0.05) is 0 Å². The van der Waals surface area contributed by atoms with Crippen LogP contribution >= 0.6 is 12.4 Å². The van der Waals surface area contributed by atoms with Crippen LogP contribution in [0.25, 0.3) is 0 Å². The highest BCUT2D eigenvalue weighted by Crippen LogP contribution is 2.17. The van der Waals surface area contributed by atoms with E-state index in [1.165, 1.54) is 0 Å². The van der Waals surface area contributed by atoms with Crippen LogP contribution < -0.4 is 21.3 Å². The molecule has 26 heavy (non-hydrogen) atoms. The topological polar surface area (TPSA) is 91.5 Å². The molecule has 0 aliphatic carbocycles. The van der Waals surface area contributed by atoms with E-state index >= 15 is 0 Å². The number of halogens is 1.